The first-order valence-electron chi connectivity index (χ1n) is 4.18. The summed E-state index contributed by atoms with van der Waals surface area (Å²) in [4.78, 5) is 22.4. The molecule has 1 rings (SSSR count). The van der Waals surface area contributed by atoms with Crippen LogP contribution in [0.25, 0.3) is 0 Å². The van der Waals surface area contributed by atoms with E-state index in [1.807, 2.05) is 0 Å². The van der Waals surface area contributed by atoms with E-state index in [9.17, 15) is 9.59 Å². The van der Waals surface area contributed by atoms with Crippen LogP contribution in [0.15, 0.2) is 12.7 Å². The largest absolute Gasteiger partial charge is 0.467 e. The van der Waals surface area contributed by atoms with Crippen molar-refractivity contribution in [1.82, 2.24) is 5.32 Å². The summed E-state index contributed by atoms with van der Waals surface area (Å²) in [5.74, 6) is -0.540. The number of rotatable bonds is 3. The van der Waals surface area contributed by atoms with Crippen molar-refractivity contribution in [2.24, 2.45) is 5.92 Å². The molecule has 1 fully saturated rings. The average Bonchev–Trinajstić information content (AvgIpc) is 2.91. The lowest BCUT2D eigenvalue weighted by Crippen LogP contribution is -2.45. The fourth-order valence-corrected chi connectivity index (χ4v) is 1.42. The fraction of sp³-hybridized carbons (Fsp3) is 0.556. The lowest BCUT2D eigenvalue weighted by molar-refractivity contribution is -0.144. The van der Waals surface area contributed by atoms with Gasteiger partial charge in [-0.3, -0.25) is 0 Å². The van der Waals surface area contributed by atoms with Gasteiger partial charge in [-0.05, 0) is 6.42 Å². The minimum atomic E-state index is -0.955. The molecule has 0 aromatic carbocycles. The molecular formula is C9H13NO4. The standard InChI is InChI=1S/C9H13NO4/c1-4-6-5-9(6,7(11)13-2)10-8(12)14-3/h4,6H,1,5H2,2-3H3,(H,10,12)/t6?,9-/m1/s1. The van der Waals surface area contributed by atoms with E-state index in [0.717, 1.165) is 0 Å². The second-order valence-corrected chi connectivity index (χ2v) is 3.13. The quantitative estimate of drug-likeness (QED) is 0.529. The molecule has 0 spiro atoms. The van der Waals surface area contributed by atoms with E-state index < -0.39 is 17.6 Å². The third-order valence-electron chi connectivity index (χ3n) is 2.36. The van der Waals surface area contributed by atoms with Crippen molar-refractivity contribution in [2.75, 3.05) is 14.2 Å². The second-order valence-electron chi connectivity index (χ2n) is 3.13. The number of carbonyl (C=O) groups is 2. The number of esters is 1. The number of nitrogens with one attached hydrogen (secondary N) is 1. The van der Waals surface area contributed by atoms with E-state index in [0.29, 0.717) is 6.42 Å². The van der Waals surface area contributed by atoms with Gasteiger partial charge in [0.1, 0.15) is 5.54 Å². The summed E-state index contributed by atoms with van der Waals surface area (Å²) in [6.07, 6.45) is 1.49. The monoisotopic (exact) mass is 199 g/mol. The summed E-state index contributed by atoms with van der Waals surface area (Å²) in [7, 11) is 2.52. The van der Waals surface area contributed by atoms with Crippen molar-refractivity contribution in [3.05, 3.63) is 12.7 Å². The highest BCUT2D eigenvalue weighted by atomic mass is 16.5. The Morgan fingerprint density at radius 3 is 2.50 bits per heavy atom. The molecular weight excluding hydrogens is 186 g/mol. The van der Waals surface area contributed by atoms with Crippen LogP contribution in [0.5, 0.6) is 0 Å². The summed E-state index contributed by atoms with van der Waals surface area (Å²) in [5.41, 5.74) is -0.955. The van der Waals surface area contributed by atoms with Gasteiger partial charge >= 0.3 is 12.1 Å². The molecule has 0 bridgehead atoms. The minimum absolute atomic E-state index is 0.0750. The summed E-state index contributed by atoms with van der Waals surface area (Å²) in [5, 5.41) is 2.46. The van der Waals surface area contributed by atoms with Crippen molar-refractivity contribution in [1.29, 1.82) is 0 Å². The predicted molar refractivity (Wildman–Crippen MR) is 48.6 cm³/mol. The number of hydrogen-bond acceptors (Lipinski definition) is 4. The average molecular weight is 199 g/mol. The Morgan fingerprint density at radius 2 is 2.14 bits per heavy atom. The predicted octanol–water partition coefficient (Wildman–Crippen LogP) is 0.460. The molecule has 2 atom stereocenters. The number of ether oxygens (including phenoxy) is 2. The van der Waals surface area contributed by atoms with Crippen LogP contribution < -0.4 is 5.32 Å². The van der Waals surface area contributed by atoms with Gasteiger partial charge in [0.05, 0.1) is 14.2 Å². The van der Waals surface area contributed by atoms with Crippen LogP contribution in [0.4, 0.5) is 4.79 Å². The van der Waals surface area contributed by atoms with Crippen LogP contribution in [0.3, 0.4) is 0 Å². The first kappa shape index (κ1) is 10.6. The third kappa shape index (κ3) is 1.57. The summed E-state index contributed by atoms with van der Waals surface area (Å²) in [6.45, 7) is 3.57. The molecule has 1 aliphatic rings. The Bertz CT molecular complexity index is 276. The van der Waals surface area contributed by atoms with Crippen LogP contribution in [-0.2, 0) is 14.3 Å². The lowest BCUT2D eigenvalue weighted by Gasteiger charge is -2.14. The SMILES string of the molecule is C=CC1C[C@]1(NC(=O)OC)C(=O)OC. The molecule has 0 heterocycles. The zero-order chi connectivity index (χ0) is 10.8. The Labute approximate surface area is 82.1 Å². The van der Waals surface area contributed by atoms with Gasteiger partial charge in [-0.15, -0.1) is 6.58 Å². The number of methoxy groups -OCH3 is 2. The number of hydrogen-bond donors (Lipinski definition) is 1. The highest BCUT2D eigenvalue weighted by Crippen LogP contribution is 2.45. The van der Waals surface area contributed by atoms with Crippen LogP contribution in [-0.4, -0.2) is 31.8 Å². The zero-order valence-electron chi connectivity index (χ0n) is 8.20. The second kappa shape index (κ2) is 3.69. The van der Waals surface area contributed by atoms with Gasteiger partial charge in [-0.2, -0.15) is 0 Å². The first-order valence-corrected chi connectivity index (χ1v) is 4.18. The smallest absolute Gasteiger partial charge is 0.407 e. The molecule has 1 aliphatic carbocycles. The molecule has 0 saturated heterocycles. The maximum atomic E-state index is 11.4. The van der Waals surface area contributed by atoms with Crippen molar-refractivity contribution in [3.8, 4) is 0 Å². The van der Waals surface area contributed by atoms with E-state index in [1.54, 1.807) is 6.08 Å². The molecule has 14 heavy (non-hydrogen) atoms. The van der Waals surface area contributed by atoms with Crippen molar-refractivity contribution >= 4 is 12.1 Å². The zero-order valence-corrected chi connectivity index (χ0v) is 8.20. The lowest BCUT2D eigenvalue weighted by atomic mass is 10.2. The van der Waals surface area contributed by atoms with Gasteiger partial charge in [0, 0.05) is 5.92 Å². The Balaban J connectivity index is 2.71. The van der Waals surface area contributed by atoms with Gasteiger partial charge < -0.3 is 14.8 Å². The molecule has 5 nitrogen and oxygen atoms in total. The van der Waals surface area contributed by atoms with E-state index in [4.69, 9.17) is 0 Å². The van der Waals surface area contributed by atoms with Gasteiger partial charge in [-0.1, -0.05) is 6.08 Å². The van der Waals surface area contributed by atoms with E-state index in [1.165, 1.54) is 14.2 Å². The van der Waals surface area contributed by atoms with Crippen LogP contribution in [0.1, 0.15) is 6.42 Å². The molecule has 1 saturated carbocycles. The normalized spacial score (nSPS) is 28.9. The minimum Gasteiger partial charge on any atom is -0.467 e. The topological polar surface area (TPSA) is 64.6 Å². The number of alkyl carbamates (subject to hydrolysis) is 1. The Morgan fingerprint density at radius 1 is 1.50 bits per heavy atom. The third-order valence-corrected chi connectivity index (χ3v) is 2.36. The fourth-order valence-electron chi connectivity index (χ4n) is 1.42. The van der Waals surface area contributed by atoms with E-state index in [2.05, 4.69) is 21.4 Å². The Kier molecular flexibility index (Phi) is 2.78. The molecule has 5 heteroatoms. The Hall–Kier alpha value is -1.52. The molecule has 1 amide bonds. The number of carbonyl (C=O) groups excluding carboxylic acids is 2. The van der Waals surface area contributed by atoms with Crippen molar-refractivity contribution < 1.29 is 19.1 Å². The van der Waals surface area contributed by atoms with E-state index >= 15 is 0 Å². The summed E-state index contributed by atoms with van der Waals surface area (Å²) >= 11 is 0. The molecule has 0 aliphatic heterocycles. The van der Waals surface area contributed by atoms with Crippen LogP contribution in [0.2, 0.25) is 0 Å². The highest BCUT2D eigenvalue weighted by Gasteiger charge is 2.61. The molecule has 0 aromatic rings. The highest BCUT2D eigenvalue weighted by molar-refractivity contribution is 5.90. The maximum absolute atomic E-state index is 11.4. The van der Waals surface area contributed by atoms with Crippen LogP contribution >= 0.6 is 0 Å². The number of amides is 1. The van der Waals surface area contributed by atoms with Gasteiger partial charge in [-0.25, -0.2) is 9.59 Å². The van der Waals surface area contributed by atoms with Gasteiger partial charge in [0.25, 0.3) is 0 Å². The summed E-state index contributed by atoms with van der Waals surface area (Å²) in [6, 6.07) is 0. The van der Waals surface area contributed by atoms with Crippen molar-refractivity contribution in [2.45, 2.75) is 12.0 Å². The van der Waals surface area contributed by atoms with Gasteiger partial charge in [0.15, 0.2) is 0 Å². The molecule has 0 radical (unpaired) electrons. The molecule has 0 aromatic heterocycles. The molecule has 78 valence electrons. The maximum Gasteiger partial charge on any atom is 0.407 e. The first-order chi connectivity index (χ1) is 6.60. The molecule has 1 unspecified atom stereocenters. The van der Waals surface area contributed by atoms with Crippen LogP contribution in [0, 0.1) is 5.92 Å². The molecule has 1 N–H and O–H groups in total. The van der Waals surface area contributed by atoms with Gasteiger partial charge in [0.2, 0.25) is 0 Å². The summed E-state index contributed by atoms with van der Waals surface area (Å²) < 4.78 is 9.02. The van der Waals surface area contributed by atoms with Crippen molar-refractivity contribution in [3.63, 3.8) is 0 Å². The van der Waals surface area contributed by atoms with E-state index in [-0.39, 0.29) is 5.92 Å².